The van der Waals surface area contributed by atoms with Crippen LogP contribution in [0.15, 0.2) is 73.2 Å². The van der Waals surface area contributed by atoms with Gasteiger partial charge >= 0.3 is 0 Å². The van der Waals surface area contributed by atoms with Crippen LogP contribution in [-0.4, -0.2) is 0 Å². The zero-order chi connectivity index (χ0) is 11.5. The van der Waals surface area contributed by atoms with Gasteiger partial charge in [-0.2, -0.15) is 0 Å². The summed E-state index contributed by atoms with van der Waals surface area (Å²) in [5.41, 5.74) is 2.13. The zero-order valence-electron chi connectivity index (χ0n) is 9.53. The maximum absolute atomic E-state index is 3.63. The predicted octanol–water partition coefficient (Wildman–Crippen LogP) is 3.87. The Bertz CT molecular complexity index is 314. The lowest BCUT2D eigenvalue weighted by molar-refractivity contribution is 0.999. The molecule has 0 atom stereocenters. The topological polar surface area (TPSA) is 12.0 Å². The second kappa shape index (κ2) is 8.82. The number of nitrogens with one attached hydrogen (secondary N) is 1. The van der Waals surface area contributed by atoms with Crippen LogP contribution in [0, 0.1) is 0 Å². The van der Waals surface area contributed by atoms with Gasteiger partial charge in [-0.15, -0.1) is 0 Å². The Hall–Kier alpha value is -1.76. The first-order valence-corrected chi connectivity index (χ1v) is 4.93. The van der Waals surface area contributed by atoms with E-state index in [1.807, 2.05) is 50.3 Å². The molecule has 0 amide bonds. The highest BCUT2D eigenvalue weighted by atomic mass is 14.9. The summed E-state index contributed by atoms with van der Waals surface area (Å²) in [7, 11) is 0. The van der Waals surface area contributed by atoms with Gasteiger partial charge in [-0.25, -0.2) is 0 Å². The maximum atomic E-state index is 3.63. The number of hydrogen-bond donors (Lipinski definition) is 1. The molecular formula is C14H19N. The zero-order valence-corrected chi connectivity index (χ0v) is 9.53. The molecule has 0 aliphatic heterocycles. The van der Waals surface area contributed by atoms with Crippen molar-refractivity contribution in [3.8, 4) is 0 Å². The highest BCUT2D eigenvalue weighted by Gasteiger charge is 1.88. The van der Waals surface area contributed by atoms with Crippen LogP contribution in [0.4, 0.5) is 0 Å². The van der Waals surface area contributed by atoms with Gasteiger partial charge in [-0.05, 0) is 26.0 Å². The van der Waals surface area contributed by atoms with Gasteiger partial charge in [0.15, 0.2) is 0 Å². The second-order valence-electron chi connectivity index (χ2n) is 2.93. The van der Waals surface area contributed by atoms with Crippen molar-refractivity contribution in [2.75, 3.05) is 0 Å². The molecule has 0 aromatic carbocycles. The molecule has 0 rings (SSSR count). The summed E-state index contributed by atoms with van der Waals surface area (Å²) in [6.45, 7) is 11.2. The molecule has 80 valence electrons. The second-order valence-corrected chi connectivity index (χ2v) is 2.93. The first kappa shape index (κ1) is 13.2. The van der Waals surface area contributed by atoms with Crippen molar-refractivity contribution >= 4 is 0 Å². The molecule has 0 aliphatic rings. The highest BCUT2D eigenvalue weighted by Crippen LogP contribution is 1.98. The summed E-state index contributed by atoms with van der Waals surface area (Å²) in [4.78, 5) is 0. The minimum absolute atomic E-state index is 1.05. The largest absolute Gasteiger partial charge is 0.359 e. The average molecular weight is 201 g/mol. The number of hydrogen-bond acceptors (Lipinski definition) is 1. The Morgan fingerprint density at radius 3 is 2.27 bits per heavy atom. The lowest BCUT2D eigenvalue weighted by Gasteiger charge is -2.05. The van der Waals surface area contributed by atoms with Gasteiger partial charge in [0.25, 0.3) is 0 Å². The lowest BCUT2D eigenvalue weighted by atomic mass is 10.3. The van der Waals surface area contributed by atoms with Crippen molar-refractivity contribution in [3.63, 3.8) is 0 Å². The lowest BCUT2D eigenvalue weighted by Crippen LogP contribution is -2.08. The van der Waals surface area contributed by atoms with Gasteiger partial charge in [0, 0.05) is 11.4 Å². The highest BCUT2D eigenvalue weighted by molar-refractivity contribution is 5.24. The minimum atomic E-state index is 1.05. The molecule has 0 saturated heterocycles. The van der Waals surface area contributed by atoms with Crippen molar-refractivity contribution in [2.45, 2.75) is 13.8 Å². The van der Waals surface area contributed by atoms with Crippen molar-refractivity contribution in [3.05, 3.63) is 73.2 Å². The molecule has 1 N–H and O–H groups in total. The van der Waals surface area contributed by atoms with E-state index in [9.17, 15) is 0 Å². The van der Waals surface area contributed by atoms with Crippen LogP contribution in [0.1, 0.15) is 13.8 Å². The standard InChI is InChI=1S/C14H19N/c1-5-8-10-11-13(4)15-14(7-3)12-9-6-2/h5-12,15H,1-2H2,3-4H3/b10-8-,12-9-,13-11+,14-7+. The maximum Gasteiger partial charge on any atom is 0.0338 e. The van der Waals surface area contributed by atoms with Gasteiger partial charge in [0.05, 0.1) is 0 Å². The van der Waals surface area contributed by atoms with Gasteiger partial charge in [0.2, 0.25) is 0 Å². The Balaban J connectivity index is 4.36. The molecule has 0 unspecified atom stereocenters. The monoisotopic (exact) mass is 201 g/mol. The van der Waals surface area contributed by atoms with E-state index >= 15 is 0 Å². The smallest absolute Gasteiger partial charge is 0.0338 e. The summed E-state index contributed by atoms with van der Waals surface area (Å²) in [6, 6.07) is 0. The average Bonchev–Trinajstić information content (AvgIpc) is 2.24. The fourth-order valence-corrected chi connectivity index (χ4v) is 0.930. The van der Waals surface area contributed by atoms with Crippen molar-refractivity contribution < 1.29 is 0 Å². The normalized spacial score (nSPS) is 13.5. The Labute approximate surface area is 92.9 Å². The molecule has 0 fully saturated rings. The first-order valence-electron chi connectivity index (χ1n) is 4.93. The molecule has 0 bridgehead atoms. The van der Waals surface area contributed by atoms with Crippen LogP contribution >= 0.6 is 0 Å². The fourth-order valence-electron chi connectivity index (χ4n) is 0.930. The molecule has 0 aromatic heterocycles. The molecule has 0 radical (unpaired) electrons. The van der Waals surface area contributed by atoms with E-state index in [0.717, 1.165) is 11.4 Å². The van der Waals surface area contributed by atoms with Crippen LogP contribution in [-0.2, 0) is 0 Å². The van der Waals surface area contributed by atoms with Gasteiger partial charge in [0.1, 0.15) is 0 Å². The van der Waals surface area contributed by atoms with E-state index in [2.05, 4.69) is 18.5 Å². The molecule has 0 heterocycles. The van der Waals surface area contributed by atoms with E-state index < -0.39 is 0 Å². The van der Waals surface area contributed by atoms with Gasteiger partial charge in [-0.1, -0.05) is 49.6 Å². The molecule has 0 spiro atoms. The third-order valence-electron chi connectivity index (χ3n) is 1.66. The van der Waals surface area contributed by atoms with E-state index in [0.29, 0.717) is 0 Å². The molecule has 15 heavy (non-hydrogen) atoms. The van der Waals surface area contributed by atoms with Gasteiger partial charge < -0.3 is 5.32 Å². The van der Waals surface area contributed by atoms with Crippen molar-refractivity contribution in [1.29, 1.82) is 0 Å². The van der Waals surface area contributed by atoms with E-state index in [1.165, 1.54) is 0 Å². The molecular weight excluding hydrogens is 182 g/mol. The summed E-state index contributed by atoms with van der Waals surface area (Å²) in [5, 5.41) is 3.26. The molecule has 0 aromatic rings. The van der Waals surface area contributed by atoms with E-state index in [4.69, 9.17) is 0 Å². The fraction of sp³-hybridized carbons (Fsp3) is 0.143. The SMILES string of the molecule is C=C/C=C\C=C(/C)NC(/C=C\C=C)=C/C. The summed E-state index contributed by atoms with van der Waals surface area (Å²) in [5.74, 6) is 0. The Morgan fingerprint density at radius 2 is 1.73 bits per heavy atom. The van der Waals surface area contributed by atoms with Crippen LogP contribution in [0.2, 0.25) is 0 Å². The predicted molar refractivity (Wildman–Crippen MR) is 69.3 cm³/mol. The summed E-state index contributed by atoms with van der Waals surface area (Å²) < 4.78 is 0. The Kier molecular flexibility index (Phi) is 7.79. The Morgan fingerprint density at radius 1 is 1.07 bits per heavy atom. The van der Waals surface area contributed by atoms with Crippen LogP contribution in [0.3, 0.4) is 0 Å². The number of allylic oxidation sites excluding steroid dienone is 9. The van der Waals surface area contributed by atoms with Crippen molar-refractivity contribution in [1.82, 2.24) is 5.32 Å². The molecule has 1 heteroatoms. The van der Waals surface area contributed by atoms with E-state index in [-0.39, 0.29) is 0 Å². The summed E-state index contributed by atoms with van der Waals surface area (Å²) in [6.07, 6.45) is 15.2. The minimum Gasteiger partial charge on any atom is -0.359 e. The van der Waals surface area contributed by atoms with Crippen LogP contribution in [0.5, 0.6) is 0 Å². The van der Waals surface area contributed by atoms with Crippen molar-refractivity contribution in [2.24, 2.45) is 0 Å². The first-order chi connectivity index (χ1) is 7.24. The summed E-state index contributed by atoms with van der Waals surface area (Å²) >= 11 is 0. The molecule has 1 nitrogen and oxygen atoms in total. The van der Waals surface area contributed by atoms with Gasteiger partial charge in [-0.3, -0.25) is 0 Å². The van der Waals surface area contributed by atoms with Crippen LogP contribution < -0.4 is 5.32 Å². The third kappa shape index (κ3) is 7.32. The number of rotatable bonds is 6. The molecule has 0 aliphatic carbocycles. The van der Waals surface area contributed by atoms with E-state index in [1.54, 1.807) is 12.2 Å². The third-order valence-corrected chi connectivity index (χ3v) is 1.66. The molecule has 0 saturated carbocycles. The van der Waals surface area contributed by atoms with Crippen LogP contribution in [0.25, 0.3) is 0 Å². The quantitative estimate of drug-likeness (QED) is 0.643.